The topological polar surface area (TPSA) is 41.1 Å². The van der Waals surface area contributed by atoms with Gasteiger partial charge in [-0.2, -0.15) is 0 Å². The molecule has 88 valence electrons. The summed E-state index contributed by atoms with van der Waals surface area (Å²) < 4.78 is 0. The van der Waals surface area contributed by atoms with E-state index in [0.29, 0.717) is 5.41 Å². The highest BCUT2D eigenvalue weighted by Gasteiger charge is 2.34. The van der Waals surface area contributed by atoms with Gasteiger partial charge in [0.05, 0.1) is 0 Å². The van der Waals surface area contributed by atoms with Crippen LogP contribution in [0.4, 0.5) is 4.79 Å². The van der Waals surface area contributed by atoms with E-state index in [9.17, 15) is 4.79 Å². The van der Waals surface area contributed by atoms with Gasteiger partial charge in [0.25, 0.3) is 0 Å². The van der Waals surface area contributed by atoms with E-state index in [4.69, 9.17) is 0 Å². The molecule has 0 unspecified atom stereocenters. The molecule has 1 aliphatic rings. The van der Waals surface area contributed by atoms with Crippen LogP contribution in [0.3, 0.4) is 0 Å². The van der Waals surface area contributed by atoms with Gasteiger partial charge in [-0.3, -0.25) is 0 Å². The molecule has 1 saturated carbocycles. The summed E-state index contributed by atoms with van der Waals surface area (Å²) in [5, 5.41) is 5.58. The van der Waals surface area contributed by atoms with Crippen molar-refractivity contribution in [2.75, 3.05) is 13.6 Å². The monoisotopic (exact) mass is 212 g/mol. The molecular weight excluding hydrogens is 188 g/mol. The van der Waals surface area contributed by atoms with Crippen LogP contribution in [0.5, 0.6) is 0 Å². The Labute approximate surface area is 93.0 Å². The van der Waals surface area contributed by atoms with Crippen molar-refractivity contribution in [2.45, 2.75) is 46.0 Å². The van der Waals surface area contributed by atoms with Gasteiger partial charge in [0.15, 0.2) is 0 Å². The molecule has 0 heterocycles. The number of rotatable bonds is 4. The molecule has 0 aromatic rings. The zero-order valence-corrected chi connectivity index (χ0v) is 10.2. The van der Waals surface area contributed by atoms with E-state index in [0.717, 1.165) is 12.5 Å². The molecule has 0 aliphatic heterocycles. The van der Waals surface area contributed by atoms with Crippen LogP contribution in [-0.2, 0) is 0 Å². The molecule has 0 aromatic carbocycles. The Bertz CT molecular complexity index is 208. The Morgan fingerprint density at radius 2 is 1.93 bits per heavy atom. The van der Waals surface area contributed by atoms with Crippen molar-refractivity contribution in [1.29, 1.82) is 0 Å². The van der Waals surface area contributed by atoms with E-state index in [1.165, 1.54) is 32.1 Å². The molecule has 0 atom stereocenters. The summed E-state index contributed by atoms with van der Waals surface area (Å²) in [5.41, 5.74) is 0.376. The van der Waals surface area contributed by atoms with E-state index in [1.54, 1.807) is 7.05 Å². The van der Waals surface area contributed by atoms with Gasteiger partial charge in [0, 0.05) is 13.6 Å². The van der Waals surface area contributed by atoms with E-state index in [-0.39, 0.29) is 6.03 Å². The Hall–Kier alpha value is -0.730. The van der Waals surface area contributed by atoms with Crippen molar-refractivity contribution in [2.24, 2.45) is 11.3 Å². The predicted molar refractivity (Wildman–Crippen MR) is 62.8 cm³/mol. The molecule has 2 N–H and O–H groups in total. The lowest BCUT2D eigenvalue weighted by Crippen LogP contribution is -2.40. The molecule has 0 bridgehead atoms. The standard InChI is InChI=1S/C12H24N2O/c1-10(2)8-12(6-4-5-7-12)9-14-11(15)13-3/h10H,4-9H2,1-3H3,(H2,13,14,15). The predicted octanol–water partition coefficient (Wildman–Crippen LogP) is 2.52. The van der Waals surface area contributed by atoms with Crippen LogP contribution in [0.25, 0.3) is 0 Å². The van der Waals surface area contributed by atoms with E-state index < -0.39 is 0 Å². The quantitative estimate of drug-likeness (QED) is 0.738. The van der Waals surface area contributed by atoms with E-state index in [1.807, 2.05) is 0 Å². The fourth-order valence-electron chi connectivity index (χ4n) is 2.80. The maximum absolute atomic E-state index is 11.2. The summed E-state index contributed by atoms with van der Waals surface area (Å²) in [5.74, 6) is 0.717. The summed E-state index contributed by atoms with van der Waals surface area (Å²) in [4.78, 5) is 11.2. The summed E-state index contributed by atoms with van der Waals surface area (Å²) >= 11 is 0. The first-order chi connectivity index (χ1) is 7.08. The Kier molecular flexibility index (Phi) is 4.43. The average Bonchev–Trinajstić information content (AvgIpc) is 2.62. The number of hydrogen-bond donors (Lipinski definition) is 2. The molecule has 2 amide bonds. The van der Waals surface area contributed by atoms with Crippen LogP contribution in [0.1, 0.15) is 46.0 Å². The number of carbonyl (C=O) groups excluding carboxylic acids is 1. The third-order valence-corrected chi connectivity index (χ3v) is 3.36. The van der Waals surface area contributed by atoms with Gasteiger partial charge in [-0.15, -0.1) is 0 Å². The second-order valence-corrected chi connectivity index (χ2v) is 5.24. The molecular formula is C12H24N2O. The lowest BCUT2D eigenvalue weighted by molar-refractivity contribution is 0.210. The number of urea groups is 1. The van der Waals surface area contributed by atoms with Crippen LogP contribution in [0.15, 0.2) is 0 Å². The largest absolute Gasteiger partial charge is 0.341 e. The van der Waals surface area contributed by atoms with Gasteiger partial charge < -0.3 is 10.6 Å². The highest BCUT2D eigenvalue weighted by molar-refractivity contribution is 5.73. The zero-order chi connectivity index (χ0) is 11.3. The minimum atomic E-state index is -0.0509. The summed E-state index contributed by atoms with van der Waals surface area (Å²) in [6, 6.07) is -0.0509. The SMILES string of the molecule is CNC(=O)NCC1(CC(C)C)CCCC1. The number of carbonyl (C=O) groups is 1. The number of amides is 2. The summed E-state index contributed by atoms with van der Waals surface area (Å²) in [6.45, 7) is 5.37. The van der Waals surface area contributed by atoms with Crippen molar-refractivity contribution < 1.29 is 4.79 Å². The lowest BCUT2D eigenvalue weighted by atomic mass is 9.78. The molecule has 1 fully saturated rings. The van der Waals surface area contributed by atoms with Gasteiger partial charge in [0.1, 0.15) is 0 Å². The molecule has 0 saturated heterocycles. The first-order valence-corrected chi connectivity index (χ1v) is 6.03. The van der Waals surface area contributed by atoms with Crippen LogP contribution in [0.2, 0.25) is 0 Å². The second-order valence-electron chi connectivity index (χ2n) is 5.24. The van der Waals surface area contributed by atoms with Gasteiger partial charge >= 0.3 is 6.03 Å². The minimum Gasteiger partial charge on any atom is -0.341 e. The van der Waals surface area contributed by atoms with Gasteiger partial charge in [-0.25, -0.2) is 4.79 Å². The number of nitrogens with one attached hydrogen (secondary N) is 2. The third-order valence-electron chi connectivity index (χ3n) is 3.36. The smallest absolute Gasteiger partial charge is 0.314 e. The van der Waals surface area contributed by atoms with Crippen molar-refractivity contribution >= 4 is 6.03 Å². The highest BCUT2D eigenvalue weighted by Crippen LogP contribution is 2.42. The molecule has 1 rings (SSSR count). The van der Waals surface area contributed by atoms with Crippen LogP contribution in [0, 0.1) is 11.3 Å². The van der Waals surface area contributed by atoms with Crippen LogP contribution in [-0.4, -0.2) is 19.6 Å². The first-order valence-electron chi connectivity index (χ1n) is 6.03. The molecule has 0 spiro atoms. The highest BCUT2D eigenvalue weighted by atomic mass is 16.2. The summed E-state index contributed by atoms with van der Waals surface area (Å²) in [7, 11) is 1.67. The maximum Gasteiger partial charge on any atom is 0.314 e. The Morgan fingerprint density at radius 1 is 1.33 bits per heavy atom. The van der Waals surface area contributed by atoms with Crippen molar-refractivity contribution in [3.8, 4) is 0 Å². The fraction of sp³-hybridized carbons (Fsp3) is 0.917. The van der Waals surface area contributed by atoms with Crippen molar-refractivity contribution in [3.05, 3.63) is 0 Å². The molecule has 0 radical (unpaired) electrons. The first kappa shape index (κ1) is 12.3. The van der Waals surface area contributed by atoms with Crippen LogP contribution < -0.4 is 10.6 Å². The minimum absolute atomic E-state index is 0.0509. The molecule has 15 heavy (non-hydrogen) atoms. The van der Waals surface area contributed by atoms with Gasteiger partial charge in [-0.1, -0.05) is 26.7 Å². The van der Waals surface area contributed by atoms with Gasteiger partial charge in [0.2, 0.25) is 0 Å². The Morgan fingerprint density at radius 3 is 2.40 bits per heavy atom. The molecule has 3 heteroatoms. The second kappa shape index (κ2) is 5.38. The summed E-state index contributed by atoms with van der Waals surface area (Å²) in [6.07, 6.45) is 6.42. The molecule has 3 nitrogen and oxygen atoms in total. The third kappa shape index (κ3) is 3.73. The number of hydrogen-bond acceptors (Lipinski definition) is 1. The van der Waals surface area contributed by atoms with E-state index >= 15 is 0 Å². The van der Waals surface area contributed by atoms with Gasteiger partial charge in [-0.05, 0) is 30.6 Å². The fourth-order valence-corrected chi connectivity index (χ4v) is 2.80. The lowest BCUT2D eigenvalue weighted by Gasteiger charge is -2.31. The molecule has 0 aromatic heterocycles. The maximum atomic E-state index is 11.2. The molecule has 1 aliphatic carbocycles. The van der Waals surface area contributed by atoms with Crippen molar-refractivity contribution in [3.63, 3.8) is 0 Å². The normalized spacial score (nSPS) is 19.2. The Balaban J connectivity index is 2.46. The van der Waals surface area contributed by atoms with Crippen molar-refractivity contribution in [1.82, 2.24) is 10.6 Å². The average molecular weight is 212 g/mol. The van der Waals surface area contributed by atoms with E-state index in [2.05, 4.69) is 24.5 Å². The zero-order valence-electron chi connectivity index (χ0n) is 10.2. The van der Waals surface area contributed by atoms with Crippen LogP contribution >= 0.6 is 0 Å².